The quantitative estimate of drug-likeness (QED) is 0.808. The van der Waals surface area contributed by atoms with Crippen LogP contribution >= 0.6 is 0 Å². The van der Waals surface area contributed by atoms with Crippen LogP contribution in [0.25, 0.3) is 0 Å². The van der Waals surface area contributed by atoms with Crippen molar-refractivity contribution in [1.29, 1.82) is 0 Å². The Balaban J connectivity index is 1.98. The highest BCUT2D eigenvalue weighted by molar-refractivity contribution is 5.96. The highest BCUT2D eigenvalue weighted by Gasteiger charge is 2.55. The van der Waals surface area contributed by atoms with E-state index in [1.165, 1.54) is 7.11 Å². The van der Waals surface area contributed by atoms with Crippen LogP contribution in [0.15, 0.2) is 24.3 Å². The number of amides is 2. The zero-order valence-corrected chi connectivity index (χ0v) is 10.1. The normalized spacial score (nSPS) is 19.2. The second-order valence-electron chi connectivity index (χ2n) is 4.67. The highest BCUT2D eigenvalue weighted by Crippen LogP contribution is 2.55. The number of rotatable bonds is 2. The number of nitrogens with one attached hydrogen (secondary N) is 1. The number of anilines is 1. The number of nitrogens with zero attached hydrogens (tertiary/aromatic N) is 1. The molecule has 2 amide bonds. The molecule has 1 N–H and O–H groups in total. The van der Waals surface area contributed by atoms with Crippen molar-refractivity contribution in [2.75, 3.05) is 19.0 Å². The molecule has 5 nitrogen and oxygen atoms in total. The predicted molar refractivity (Wildman–Crippen MR) is 65.1 cm³/mol. The molecule has 0 unspecified atom stereocenters. The van der Waals surface area contributed by atoms with Crippen molar-refractivity contribution >= 4 is 17.7 Å². The number of para-hydroxylation sites is 1. The van der Waals surface area contributed by atoms with Crippen molar-refractivity contribution in [3.63, 3.8) is 0 Å². The minimum Gasteiger partial charge on any atom is -0.468 e. The molecule has 1 aromatic rings. The Morgan fingerprint density at radius 1 is 1.44 bits per heavy atom. The zero-order valence-electron chi connectivity index (χ0n) is 10.1. The van der Waals surface area contributed by atoms with E-state index in [0.29, 0.717) is 0 Å². The molecular formula is C13H14N2O3. The Kier molecular flexibility index (Phi) is 2.29. The summed E-state index contributed by atoms with van der Waals surface area (Å²) in [7, 11) is 1.33. The summed E-state index contributed by atoms with van der Waals surface area (Å²) in [4.78, 5) is 25.1. The molecule has 1 fully saturated rings. The molecule has 2 aliphatic rings. The van der Waals surface area contributed by atoms with E-state index in [0.717, 1.165) is 24.1 Å². The van der Waals surface area contributed by atoms with Crippen LogP contribution in [-0.4, -0.2) is 30.6 Å². The SMILES string of the molecule is COC(=O)CN1C(=O)Nc2ccccc2C12CC2. The number of hydrogen-bond acceptors (Lipinski definition) is 3. The fraction of sp³-hybridized carbons (Fsp3) is 0.385. The lowest BCUT2D eigenvalue weighted by molar-refractivity contribution is -0.141. The number of carbonyl (C=O) groups excluding carboxylic acids is 2. The molecule has 0 atom stereocenters. The Morgan fingerprint density at radius 3 is 2.83 bits per heavy atom. The van der Waals surface area contributed by atoms with Crippen molar-refractivity contribution < 1.29 is 14.3 Å². The summed E-state index contributed by atoms with van der Waals surface area (Å²) in [6.07, 6.45) is 1.79. The molecule has 0 bridgehead atoms. The average Bonchev–Trinajstić information content (AvgIpc) is 3.16. The Labute approximate surface area is 105 Å². The number of carbonyl (C=O) groups is 2. The highest BCUT2D eigenvalue weighted by atomic mass is 16.5. The number of esters is 1. The van der Waals surface area contributed by atoms with Gasteiger partial charge in [0, 0.05) is 11.3 Å². The van der Waals surface area contributed by atoms with Gasteiger partial charge in [0.15, 0.2) is 0 Å². The standard InChI is InChI=1S/C13H14N2O3/c1-18-11(16)8-15-12(17)14-10-5-3-2-4-9(10)13(15)6-7-13/h2-5H,6-8H2,1H3,(H,14,17). The molecule has 1 saturated carbocycles. The van der Waals surface area contributed by atoms with Crippen molar-refractivity contribution in [1.82, 2.24) is 4.90 Å². The van der Waals surface area contributed by atoms with Crippen LogP contribution in [-0.2, 0) is 15.1 Å². The van der Waals surface area contributed by atoms with Gasteiger partial charge in [0.05, 0.1) is 12.6 Å². The molecule has 1 spiro atoms. The smallest absolute Gasteiger partial charge is 0.325 e. The maximum Gasteiger partial charge on any atom is 0.325 e. The Hall–Kier alpha value is -2.04. The summed E-state index contributed by atoms with van der Waals surface area (Å²) in [5.41, 5.74) is 1.64. The average molecular weight is 246 g/mol. The van der Waals surface area contributed by atoms with Gasteiger partial charge in [-0.1, -0.05) is 18.2 Å². The number of benzene rings is 1. The number of hydrogen-bond donors (Lipinski definition) is 1. The molecule has 1 aromatic carbocycles. The summed E-state index contributed by atoms with van der Waals surface area (Å²) in [6, 6.07) is 7.52. The van der Waals surface area contributed by atoms with E-state index in [9.17, 15) is 9.59 Å². The third kappa shape index (κ3) is 1.47. The van der Waals surface area contributed by atoms with Gasteiger partial charge in [-0.3, -0.25) is 4.79 Å². The van der Waals surface area contributed by atoms with Gasteiger partial charge < -0.3 is 15.0 Å². The van der Waals surface area contributed by atoms with E-state index in [1.54, 1.807) is 4.90 Å². The van der Waals surface area contributed by atoms with E-state index in [1.807, 2.05) is 24.3 Å². The summed E-state index contributed by atoms with van der Waals surface area (Å²) >= 11 is 0. The van der Waals surface area contributed by atoms with E-state index < -0.39 is 5.97 Å². The van der Waals surface area contributed by atoms with Crippen LogP contribution in [0, 0.1) is 0 Å². The summed E-state index contributed by atoms with van der Waals surface area (Å²) in [6.45, 7) is -0.00331. The third-order valence-electron chi connectivity index (χ3n) is 3.67. The lowest BCUT2D eigenvalue weighted by atomic mass is 9.98. The minimum absolute atomic E-state index is 0.00331. The van der Waals surface area contributed by atoms with Gasteiger partial charge in [-0.25, -0.2) is 4.79 Å². The van der Waals surface area contributed by atoms with Gasteiger partial charge in [-0.15, -0.1) is 0 Å². The first-order valence-electron chi connectivity index (χ1n) is 5.92. The number of ether oxygens (including phenoxy) is 1. The summed E-state index contributed by atoms with van der Waals surface area (Å²) < 4.78 is 4.65. The first-order valence-corrected chi connectivity index (χ1v) is 5.92. The number of fused-ring (bicyclic) bond motifs is 2. The minimum atomic E-state index is -0.393. The van der Waals surface area contributed by atoms with E-state index >= 15 is 0 Å². The summed E-state index contributed by atoms with van der Waals surface area (Å²) in [5.74, 6) is -0.393. The number of urea groups is 1. The lowest BCUT2D eigenvalue weighted by Gasteiger charge is -2.37. The predicted octanol–water partition coefficient (Wildman–Crippen LogP) is 1.70. The second kappa shape index (κ2) is 3.73. The van der Waals surface area contributed by atoms with Crippen LogP contribution in [0.4, 0.5) is 10.5 Å². The van der Waals surface area contributed by atoms with Gasteiger partial charge in [0.1, 0.15) is 6.54 Å². The molecule has 0 saturated heterocycles. The van der Waals surface area contributed by atoms with Crippen molar-refractivity contribution in [2.24, 2.45) is 0 Å². The molecule has 1 aliphatic carbocycles. The first kappa shape index (κ1) is 11.1. The largest absolute Gasteiger partial charge is 0.468 e. The molecular weight excluding hydrogens is 232 g/mol. The van der Waals surface area contributed by atoms with Gasteiger partial charge in [0.2, 0.25) is 0 Å². The first-order chi connectivity index (χ1) is 8.67. The van der Waals surface area contributed by atoms with Crippen LogP contribution in [0.5, 0.6) is 0 Å². The van der Waals surface area contributed by atoms with Crippen LogP contribution in [0.3, 0.4) is 0 Å². The van der Waals surface area contributed by atoms with Crippen LogP contribution in [0.1, 0.15) is 18.4 Å². The van der Waals surface area contributed by atoms with E-state index in [-0.39, 0.29) is 18.1 Å². The van der Waals surface area contributed by atoms with Crippen molar-refractivity contribution in [3.05, 3.63) is 29.8 Å². The Morgan fingerprint density at radius 2 is 2.17 bits per heavy atom. The molecule has 1 heterocycles. The van der Waals surface area contributed by atoms with Gasteiger partial charge in [0.25, 0.3) is 0 Å². The number of methoxy groups -OCH3 is 1. The van der Waals surface area contributed by atoms with Crippen LogP contribution in [0.2, 0.25) is 0 Å². The fourth-order valence-electron chi connectivity index (χ4n) is 2.59. The monoisotopic (exact) mass is 246 g/mol. The molecule has 3 rings (SSSR count). The van der Waals surface area contributed by atoms with Gasteiger partial charge >= 0.3 is 12.0 Å². The fourth-order valence-corrected chi connectivity index (χ4v) is 2.59. The Bertz CT molecular complexity index is 523. The van der Waals surface area contributed by atoms with Crippen molar-refractivity contribution in [3.8, 4) is 0 Å². The maximum absolute atomic E-state index is 12.1. The molecule has 5 heteroatoms. The summed E-state index contributed by atoms with van der Waals surface area (Å²) in [5, 5.41) is 2.81. The van der Waals surface area contributed by atoms with Crippen LogP contribution < -0.4 is 5.32 Å². The van der Waals surface area contributed by atoms with Crippen molar-refractivity contribution in [2.45, 2.75) is 18.4 Å². The topological polar surface area (TPSA) is 58.6 Å². The third-order valence-corrected chi connectivity index (χ3v) is 3.67. The molecule has 94 valence electrons. The lowest BCUT2D eigenvalue weighted by Crippen LogP contribution is -2.49. The molecule has 0 radical (unpaired) electrons. The van der Waals surface area contributed by atoms with Gasteiger partial charge in [-0.2, -0.15) is 0 Å². The second-order valence-corrected chi connectivity index (χ2v) is 4.67. The maximum atomic E-state index is 12.1. The van der Waals surface area contributed by atoms with E-state index in [2.05, 4.69) is 10.1 Å². The zero-order chi connectivity index (χ0) is 12.8. The molecule has 1 aliphatic heterocycles. The molecule has 18 heavy (non-hydrogen) atoms. The van der Waals surface area contributed by atoms with E-state index in [4.69, 9.17) is 0 Å². The molecule has 0 aromatic heterocycles. The van der Waals surface area contributed by atoms with Gasteiger partial charge in [-0.05, 0) is 18.9 Å².